The van der Waals surface area contributed by atoms with Crippen LogP contribution in [0.4, 0.5) is 5.69 Å². The number of carbonyl (C=O) groups excluding carboxylic acids is 1. The third-order valence-corrected chi connectivity index (χ3v) is 6.93. The lowest BCUT2D eigenvalue weighted by molar-refractivity contribution is -0.121. The van der Waals surface area contributed by atoms with Crippen molar-refractivity contribution in [1.82, 2.24) is 5.32 Å². The normalized spacial score (nSPS) is 12.4. The highest BCUT2D eigenvalue weighted by atomic mass is 35.5. The second kappa shape index (κ2) is 10.4. The van der Waals surface area contributed by atoms with Crippen molar-refractivity contribution in [2.24, 2.45) is 0 Å². The molecule has 0 aliphatic carbocycles. The van der Waals surface area contributed by atoms with Gasteiger partial charge >= 0.3 is 0 Å². The minimum atomic E-state index is -3.62. The van der Waals surface area contributed by atoms with Gasteiger partial charge < -0.3 is 5.32 Å². The Hall–Kier alpha value is -1.70. The molecule has 2 aromatic rings. The molecule has 0 fully saturated rings. The van der Waals surface area contributed by atoms with Crippen LogP contribution < -0.4 is 9.62 Å². The summed E-state index contributed by atoms with van der Waals surface area (Å²) in [5.74, 6) is 1.23. The van der Waals surface area contributed by atoms with E-state index in [0.29, 0.717) is 17.3 Å². The number of thioether (sulfide) groups is 1. The summed E-state index contributed by atoms with van der Waals surface area (Å²) in [7, 11) is -3.62. The molecule has 1 amide bonds. The third kappa shape index (κ3) is 6.94. The maximum atomic E-state index is 12.6. The fraction of sp³-hybridized carbons (Fsp3) is 0.381. The van der Waals surface area contributed by atoms with Crippen LogP contribution in [0.5, 0.6) is 0 Å². The van der Waals surface area contributed by atoms with Crippen molar-refractivity contribution in [3.05, 3.63) is 64.2 Å². The maximum absolute atomic E-state index is 12.6. The Labute approximate surface area is 182 Å². The van der Waals surface area contributed by atoms with Gasteiger partial charge in [-0.2, -0.15) is 11.8 Å². The smallest absolute Gasteiger partial charge is 0.243 e. The quantitative estimate of drug-likeness (QED) is 0.577. The van der Waals surface area contributed by atoms with Gasteiger partial charge in [0.05, 0.1) is 11.9 Å². The zero-order valence-corrected chi connectivity index (χ0v) is 19.5. The van der Waals surface area contributed by atoms with Crippen molar-refractivity contribution < 1.29 is 13.2 Å². The first-order valence-corrected chi connectivity index (χ1v) is 12.6. The van der Waals surface area contributed by atoms with Crippen molar-refractivity contribution >= 4 is 45.0 Å². The number of hydrogen-bond acceptors (Lipinski definition) is 4. The van der Waals surface area contributed by atoms with Gasteiger partial charge in [-0.25, -0.2) is 8.42 Å². The topological polar surface area (TPSA) is 66.5 Å². The van der Waals surface area contributed by atoms with Gasteiger partial charge in [0.25, 0.3) is 0 Å². The molecule has 0 aliphatic rings. The average Bonchev–Trinajstić information content (AvgIpc) is 2.64. The summed E-state index contributed by atoms with van der Waals surface area (Å²) in [5.41, 5.74) is 3.44. The highest BCUT2D eigenvalue weighted by molar-refractivity contribution is 7.98. The summed E-state index contributed by atoms with van der Waals surface area (Å²) in [6.07, 6.45) is 1.13. The van der Waals surface area contributed by atoms with Crippen molar-refractivity contribution in [1.29, 1.82) is 0 Å². The highest BCUT2D eigenvalue weighted by Crippen LogP contribution is 2.26. The van der Waals surface area contributed by atoms with E-state index >= 15 is 0 Å². The summed E-state index contributed by atoms with van der Waals surface area (Å²) in [6, 6.07) is 12.4. The molecule has 2 aromatic carbocycles. The molecule has 2 rings (SSSR count). The van der Waals surface area contributed by atoms with Crippen LogP contribution in [-0.2, 0) is 20.6 Å². The van der Waals surface area contributed by atoms with E-state index in [2.05, 4.69) is 5.32 Å². The fourth-order valence-corrected chi connectivity index (χ4v) is 5.07. The molecule has 0 heterocycles. The van der Waals surface area contributed by atoms with E-state index in [9.17, 15) is 13.2 Å². The summed E-state index contributed by atoms with van der Waals surface area (Å²) >= 11 is 7.57. The Morgan fingerprint density at radius 2 is 1.83 bits per heavy atom. The minimum absolute atomic E-state index is 0.316. The number of carbonyl (C=O) groups is 1. The minimum Gasteiger partial charge on any atom is -0.353 e. The number of aryl methyl sites for hydroxylation is 2. The van der Waals surface area contributed by atoms with Crippen LogP contribution in [0.15, 0.2) is 42.5 Å². The Morgan fingerprint density at radius 1 is 1.17 bits per heavy atom. The molecule has 5 nitrogen and oxygen atoms in total. The lowest BCUT2D eigenvalue weighted by atomic mass is 10.1. The lowest BCUT2D eigenvalue weighted by Gasteiger charge is -2.29. The number of nitrogens with zero attached hydrogens (tertiary/aromatic N) is 1. The van der Waals surface area contributed by atoms with Crippen molar-refractivity contribution in [3.63, 3.8) is 0 Å². The second-order valence-corrected chi connectivity index (χ2v) is 10.4. The summed E-state index contributed by atoms with van der Waals surface area (Å²) in [5, 5.41) is 3.55. The number of rotatable bonds is 9. The Bertz CT molecular complexity index is 947. The second-order valence-electron chi connectivity index (χ2n) is 6.99. The molecule has 158 valence electrons. The lowest BCUT2D eigenvalue weighted by Crippen LogP contribution is -2.48. The first-order chi connectivity index (χ1) is 13.6. The summed E-state index contributed by atoms with van der Waals surface area (Å²) in [6.45, 7) is 5.81. The van der Waals surface area contributed by atoms with E-state index in [0.717, 1.165) is 34.5 Å². The molecule has 0 aromatic heterocycles. The zero-order chi connectivity index (χ0) is 21.6. The Morgan fingerprint density at radius 3 is 2.45 bits per heavy atom. The van der Waals surface area contributed by atoms with Crippen LogP contribution in [0.2, 0.25) is 5.02 Å². The largest absolute Gasteiger partial charge is 0.353 e. The molecule has 0 radical (unpaired) electrons. The van der Waals surface area contributed by atoms with Crippen LogP contribution in [0.3, 0.4) is 0 Å². The van der Waals surface area contributed by atoms with E-state index in [-0.39, 0.29) is 5.91 Å². The van der Waals surface area contributed by atoms with Gasteiger partial charge in [-0.3, -0.25) is 9.10 Å². The number of halogens is 1. The van der Waals surface area contributed by atoms with Crippen LogP contribution in [0, 0.1) is 13.8 Å². The first-order valence-electron chi connectivity index (χ1n) is 9.26. The Balaban J connectivity index is 1.95. The van der Waals surface area contributed by atoms with Crippen LogP contribution >= 0.6 is 23.4 Å². The van der Waals surface area contributed by atoms with Gasteiger partial charge in [0.1, 0.15) is 6.04 Å². The maximum Gasteiger partial charge on any atom is 0.243 e. The molecule has 0 unspecified atom stereocenters. The first kappa shape index (κ1) is 23.6. The molecule has 8 heteroatoms. The Kier molecular flexibility index (Phi) is 8.43. The number of amides is 1. The highest BCUT2D eigenvalue weighted by Gasteiger charge is 2.30. The number of sulfonamides is 1. The molecule has 0 spiro atoms. The van der Waals surface area contributed by atoms with Crippen LogP contribution in [0.1, 0.15) is 23.6 Å². The van der Waals surface area contributed by atoms with Crippen molar-refractivity contribution in [2.75, 3.05) is 22.9 Å². The van der Waals surface area contributed by atoms with Gasteiger partial charge in [-0.15, -0.1) is 0 Å². The zero-order valence-electron chi connectivity index (χ0n) is 17.1. The standard InChI is InChI=1S/C21H27ClN2O3S2/c1-15-5-6-16(2)20(13-15)24(29(4,26)27)17(3)21(25)23-11-12-28-14-18-7-9-19(22)10-8-18/h5-10,13,17H,11-12,14H2,1-4H3,(H,23,25)/t17-/m1/s1. The van der Waals surface area contributed by atoms with E-state index in [4.69, 9.17) is 11.6 Å². The third-order valence-electron chi connectivity index (χ3n) is 4.42. The molecule has 0 saturated carbocycles. The predicted octanol–water partition coefficient (Wildman–Crippen LogP) is 4.16. The number of benzene rings is 2. The molecule has 29 heavy (non-hydrogen) atoms. The fourth-order valence-electron chi connectivity index (χ4n) is 2.90. The van der Waals surface area contributed by atoms with Crippen molar-refractivity contribution in [2.45, 2.75) is 32.6 Å². The van der Waals surface area contributed by atoms with E-state index in [1.165, 1.54) is 4.31 Å². The van der Waals surface area contributed by atoms with Gasteiger partial charge in [0.2, 0.25) is 15.9 Å². The molecule has 1 atom stereocenters. The molecular weight excluding hydrogens is 428 g/mol. The summed E-state index contributed by atoms with van der Waals surface area (Å²) in [4.78, 5) is 12.6. The van der Waals surface area contributed by atoms with Crippen LogP contribution in [0.25, 0.3) is 0 Å². The number of anilines is 1. The molecule has 0 saturated heterocycles. The van der Waals surface area contributed by atoms with Gasteiger partial charge in [0, 0.05) is 23.1 Å². The SMILES string of the molecule is Cc1ccc(C)c(N([C@H](C)C(=O)NCCSCc2ccc(Cl)cc2)S(C)(=O)=O)c1. The molecule has 0 aliphatic heterocycles. The number of nitrogens with one attached hydrogen (secondary N) is 1. The van der Waals surface area contributed by atoms with Crippen LogP contribution in [-0.4, -0.2) is 38.9 Å². The van der Waals surface area contributed by atoms with E-state index in [1.54, 1.807) is 24.8 Å². The van der Waals surface area contributed by atoms with Gasteiger partial charge in [-0.1, -0.05) is 35.9 Å². The van der Waals surface area contributed by atoms with Gasteiger partial charge in [-0.05, 0) is 55.7 Å². The average molecular weight is 455 g/mol. The van der Waals surface area contributed by atoms with Crippen molar-refractivity contribution in [3.8, 4) is 0 Å². The molecular formula is C21H27ClN2O3S2. The monoisotopic (exact) mass is 454 g/mol. The van der Waals surface area contributed by atoms with Gasteiger partial charge in [0.15, 0.2) is 0 Å². The van der Waals surface area contributed by atoms with E-state index in [1.807, 2.05) is 50.2 Å². The molecule has 1 N–H and O–H groups in total. The summed E-state index contributed by atoms with van der Waals surface area (Å²) < 4.78 is 26.1. The number of hydrogen-bond donors (Lipinski definition) is 1. The molecule has 0 bridgehead atoms. The van der Waals surface area contributed by atoms with E-state index < -0.39 is 16.1 Å². The predicted molar refractivity (Wildman–Crippen MR) is 123 cm³/mol.